The molecular formula is C93H134N18O22S. The zero-order valence-corrected chi connectivity index (χ0v) is 80.7. The molecule has 40 nitrogen and oxygen atoms in total. The van der Waals surface area contributed by atoms with Gasteiger partial charge in [-0.05, 0) is 222 Å². The lowest BCUT2D eigenvalue weighted by Crippen LogP contribution is -2.61. The highest BCUT2D eigenvalue weighted by Gasteiger charge is 2.39. The molecule has 9 atom stereocenters. The lowest BCUT2D eigenvalue weighted by Gasteiger charge is -2.29. The molecule has 15 N–H and O–H groups in total. The van der Waals surface area contributed by atoms with E-state index >= 15 is 28.8 Å². The molecule has 134 heavy (non-hydrogen) atoms. The number of fused-ring (bicyclic) bond motifs is 1. The van der Waals surface area contributed by atoms with Gasteiger partial charge in [0.15, 0.2) is 0 Å². The smallest absolute Gasteiger partial charge is 0.408 e. The van der Waals surface area contributed by atoms with Crippen molar-refractivity contribution in [3.63, 3.8) is 0 Å². The van der Waals surface area contributed by atoms with Gasteiger partial charge in [0.2, 0.25) is 53.2 Å². The van der Waals surface area contributed by atoms with E-state index in [-0.39, 0.29) is 87.7 Å². The predicted octanol–water partition coefficient (Wildman–Crippen LogP) is 6.62. The molecular weight excluding hydrogens is 1750 g/mol. The summed E-state index contributed by atoms with van der Waals surface area (Å²) in [5.74, 6) is -10.5. The van der Waals surface area contributed by atoms with Crippen molar-refractivity contribution in [2.75, 3.05) is 52.9 Å². The summed E-state index contributed by atoms with van der Waals surface area (Å²) in [6, 6.07) is 11.6. The SMILES string of the molecule is CNC(=O)c1ccccc1Sc1ccc2c(/C=C/c3ccccn3)nn(C(=O)N(CCNC(=O)CC[C@H](NC(=O)OC(C)(C)C)C(=O)OC(C)(C)C)CCC(=O)N[C@H]3CCNC(=O)[C@H]([C@@H](C)O)NC(=O)[C@H](CCCNC(=O)OC(C)(C)C)NC(=O)[C@H](CCNC(=O)OC(C)(C)C)NC(=O)[C@H](CC(C)C)NC(=O)[C@@H](Cc4ccccc4)NC(=O)[C@H](CCNC(=O)OC(C)(C)C)NC3=O)c2c1. The van der Waals surface area contributed by atoms with Crippen LogP contribution in [-0.4, -0.2) is 256 Å². The molecule has 3 heterocycles. The van der Waals surface area contributed by atoms with Crippen LogP contribution in [-0.2, 0) is 78.1 Å². The van der Waals surface area contributed by atoms with Gasteiger partial charge in [-0.3, -0.25) is 52.9 Å². The number of alkyl carbamates (subject to hydrolysis) is 4. The molecule has 1 aliphatic heterocycles. The van der Waals surface area contributed by atoms with Crippen LogP contribution >= 0.6 is 11.8 Å². The zero-order chi connectivity index (χ0) is 99.6. The molecule has 0 aliphatic carbocycles. The van der Waals surface area contributed by atoms with E-state index in [1.54, 1.807) is 227 Å². The minimum Gasteiger partial charge on any atom is -0.458 e. The van der Waals surface area contributed by atoms with Crippen molar-refractivity contribution < 1.29 is 106 Å². The fraction of sp³-hybridized carbons (Fsp3) is 0.548. The Bertz CT molecular complexity index is 4920. The number of nitrogens with one attached hydrogen (secondary N) is 14. The van der Waals surface area contributed by atoms with E-state index in [0.29, 0.717) is 32.0 Å². The highest BCUT2D eigenvalue weighted by atomic mass is 32.2. The van der Waals surface area contributed by atoms with Crippen LogP contribution in [0.5, 0.6) is 0 Å². The molecule has 0 bridgehead atoms. The molecule has 0 unspecified atom stereocenters. The topological polar surface area (TPSA) is 542 Å². The van der Waals surface area contributed by atoms with Crippen LogP contribution in [0, 0.1) is 5.92 Å². The lowest BCUT2D eigenvalue weighted by atomic mass is 10.00. The maximum absolute atomic E-state index is 15.8. The van der Waals surface area contributed by atoms with Gasteiger partial charge < -0.3 is 108 Å². The van der Waals surface area contributed by atoms with E-state index in [0.717, 1.165) is 11.6 Å². The first kappa shape index (κ1) is 110. The number of aromatic nitrogens is 3. The van der Waals surface area contributed by atoms with E-state index in [2.05, 4.69) is 79.4 Å². The number of amides is 15. The fourth-order valence-electron chi connectivity index (χ4n) is 13.2. The second-order valence-electron chi connectivity index (χ2n) is 37.4. The van der Waals surface area contributed by atoms with Gasteiger partial charge in [0.05, 0.1) is 28.6 Å². The number of carbonyl (C=O) groups is 16. The summed E-state index contributed by atoms with van der Waals surface area (Å²) in [5.41, 5.74) is -3.02. The van der Waals surface area contributed by atoms with Gasteiger partial charge in [0.1, 0.15) is 76.3 Å². The van der Waals surface area contributed by atoms with E-state index in [9.17, 15) is 53.1 Å². The molecule has 15 amide bonds. The Kier molecular flexibility index (Phi) is 42.1. The molecule has 6 rings (SSSR count). The first-order valence-electron chi connectivity index (χ1n) is 44.6. The fourth-order valence-corrected chi connectivity index (χ4v) is 14.2. The summed E-state index contributed by atoms with van der Waals surface area (Å²) >= 11 is 1.21. The number of esters is 1. The van der Waals surface area contributed by atoms with Crippen molar-refractivity contribution >= 4 is 130 Å². The lowest BCUT2D eigenvalue weighted by molar-refractivity contribution is -0.157. The molecule has 0 saturated carbocycles. The standard InChI is InChI=1S/C93H134N18O22S/c1-55(2)52-68-80(120)104-65(41-47-99-85(125)131-91(10,11)12)77(117)102-63(32-27-45-98-84(124)130-90(7,8)9)79(119)108-74(56(3)112)82(122)97-46-40-64(76(116)103-66(42-48-100-86(126)132-92(13,14)15)78(118)106-69(81(121)105-68)53-57-28-21-20-22-29-57)101-73(114)43-50-110(51-49-96-72(113)39-38-67(83(123)129-89(4,5)6)107-87(127)133-93(16,17)18)88(128)111-70-54-59(134-71-33-24-23-31-61(71)75(115)94-19)35-36-60(70)62(109-111)37-34-58-30-25-26-44-95-58/h20-26,28-31,33-37,44,54-56,63-69,74,112H,27,32,38-43,45-53H2,1-19H3,(H,94,115)(H,96,113)(H,97,122)(H,98,124)(H,99,125)(H,100,126)(H,101,114)(H,102,117)(H,103,116)(H,104,120)(H,105,121)(H,106,118)(H,107,127)(H,108,119)/b37-34+/t56-,63+,64+,65+,66+,67+,68+,69-,74+/m1/s1. The summed E-state index contributed by atoms with van der Waals surface area (Å²) in [5, 5.41) is 53.4. The van der Waals surface area contributed by atoms with Gasteiger partial charge in [0.25, 0.3) is 5.91 Å². The number of hydrogen-bond acceptors (Lipinski definition) is 25. The summed E-state index contributed by atoms with van der Waals surface area (Å²) in [6.45, 7) is 26.3. The van der Waals surface area contributed by atoms with Crippen molar-refractivity contribution in [3.05, 3.63) is 120 Å². The number of hydrogen-bond donors (Lipinski definition) is 15. The second kappa shape index (κ2) is 51.3. The Morgan fingerprint density at radius 3 is 1.63 bits per heavy atom. The summed E-state index contributed by atoms with van der Waals surface area (Å²) in [4.78, 5) is 236. The second-order valence-corrected chi connectivity index (χ2v) is 38.6. The number of rotatable bonds is 32. The average molecular weight is 1890 g/mol. The third-order valence-corrected chi connectivity index (χ3v) is 20.4. The number of aliphatic hydroxyl groups excluding tert-OH is 1. The van der Waals surface area contributed by atoms with Crippen molar-refractivity contribution in [1.82, 2.24) is 94.1 Å². The Labute approximate surface area is 785 Å². The molecule has 0 spiro atoms. The largest absolute Gasteiger partial charge is 0.458 e. The zero-order valence-electron chi connectivity index (χ0n) is 79.9. The van der Waals surface area contributed by atoms with E-state index < -0.39 is 217 Å². The quantitative estimate of drug-likeness (QED) is 0.0122. The number of carbonyl (C=O) groups excluding carboxylic acids is 16. The molecule has 1 saturated heterocycles. The van der Waals surface area contributed by atoms with Gasteiger partial charge in [-0.2, -0.15) is 9.78 Å². The monoisotopic (exact) mass is 1890 g/mol. The summed E-state index contributed by atoms with van der Waals surface area (Å²) in [6.07, 6.45) is -3.90. The summed E-state index contributed by atoms with van der Waals surface area (Å²) in [7, 11) is 1.49. The number of benzene rings is 3. The molecule has 1 fully saturated rings. The number of ether oxygens (including phenoxy) is 5. The first-order valence-corrected chi connectivity index (χ1v) is 45.5. The predicted molar refractivity (Wildman–Crippen MR) is 499 cm³/mol. The van der Waals surface area contributed by atoms with Crippen LogP contribution in [0.3, 0.4) is 0 Å². The molecule has 41 heteroatoms. The van der Waals surface area contributed by atoms with Crippen LogP contribution in [0.4, 0.5) is 24.0 Å². The first-order chi connectivity index (χ1) is 62.7. The number of aliphatic hydroxyl groups is 1. The van der Waals surface area contributed by atoms with Crippen LogP contribution in [0.2, 0.25) is 0 Å². The van der Waals surface area contributed by atoms with Crippen molar-refractivity contribution in [2.24, 2.45) is 5.92 Å². The Hall–Kier alpha value is -13.0. The van der Waals surface area contributed by atoms with Gasteiger partial charge in [0, 0.05) is 93.5 Å². The molecule has 1 aliphatic rings. The molecule has 0 radical (unpaired) electrons. The third-order valence-electron chi connectivity index (χ3n) is 19.3. The van der Waals surface area contributed by atoms with Crippen LogP contribution in [0.1, 0.15) is 210 Å². The van der Waals surface area contributed by atoms with Gasteiger partial charge in [-0.25, -0.2) is 28.8 Å². The number of nitrogens with zero attached hydrogens (tertiary/aromatic N) is 4. The van der Waals surface area contributed by atoms with Crippen LogP contribution in [0.25, 0.3) is 23.1 Å². The van der Waals surface area contributed by atoms with Crippen LogP contribution < -0.4 is 74.4 Å². The highest BCUT2D eigenvalue weighted by molar-refractivity contribution is 7.99. The highest BCUT2D eigenvalue weighted by Crippen LogP contribution is 2.34. The molecule has 2 aromatic heterocycles. The maximum Gasteiger partial charge on any atom is 0.408 e. The minimum atomic E-state index is -1.87. The Morgan fingerprint density at radius 1 is 0.545 bits per heavy atom. The van der Waals surface area contributed by atoms with Crippen LogP contribution in [0.15, 0.2) is 107 Å². The van der Waals surface area contributed by atoms with Crippen molar-refractivity contribution in [1.29, 1.82) is 0 Å². The molecule has 734 valence electrons. The Balaban J connectivity index is 1.49. The molecule has 5 aromatic rings. The van der Waals surface area contributed by atoms with Crippen molar-refractivity contribution in [3.8, 4) is 0 Å². The van der Waals surface area contributed by atoms with Crippen molar-refractivity contribution in [2.45, 2.75) is 281 Å². The van der Waals surface area contributed by atoms with Gasteiger partial charge in [-0.15, -0.1) is 0 Å². The van der Waals surface area contributed by atoms with E-state index in [1.807, 2.05) is 0 Å². The summed E-state index contributed by atoms with van der Waals surface area (Å²) < 4.78 is 28.4. The third kappa shape index (κ3) is 39.8. The average Bonchev–Trinajstić information content (AvgIpc) is 1.63. The van der Waals surface area contributed by atoms with E-state index in [1.165, 1.54) is 23.7 Å². The van der Waals surface area contributed by atoms with Gasteiger partial charge in [-0.1, -0.05) is 74.1 Å². The normalized spacial score (nSPS) is 18.2. The van der Waals surface area contributed by atoms with Gasteiger partial charge >= 0.3 is 36.4 Å². The Morgan fingerprint density at radius 2 is 1.07 bits per heavy atom. The minimum absolute atomic E-state index is 0.0561. The maximum atomic E-state index is 15.8. The molecule has 3 aromatic carbocycles. The van der Waals surface area contributed by atoms with E-state index in [4.69, 9.17) is 28.8 Å². The number of pyridine rings is 1.